The lowest BCUT2D eigenvalue weighted by molar-refractivity contribution is -0.130. The fourth-order valence-corrected chi connectivity index (χ4v) is 4.75. The van der Waals surface area contributed by atoms with Crippen LogP contribution in [-0.4, -0.2) is 63.7 Å². The molecule has 0 saturated carbocycles. The molecule has 35 heavy (non-hydrogen) atoms. The molecule has 1 fully saturated rings. The number of carbonyl (C=O) groups excluding carboxylic acids is 1. The van der Waals surface area contributed by atoms with Crippen molar-refractivity contribution in [3.8, 4) is 17.1 Å². The minimum atomic E-state index is 0.108. The maximum absolute atomic E-state index is 13.3. The standard InChI is InChI=1S/C27H30N6O2/c1-18-9-5-6-10-21(18)26-29-27-28-19(2)22(20(3)33(27)30-26)17-25(34)32-15-13-31(14-16-32)23-11-7-8-12-24(23)35-4/h5-12H,13-17H2,1-4H3. The van der Waals surface area contributed by atoms with E-state index in [-0.39, 0.29) is 5.91 Å². The van der Waals surface area contributed by atoms with Crippen molar-refractivity contribution in [1.82, 2.24) is 24.5 Å². The van der Waals surface area contributed by atoms with Gasteiger partial charge in [-0.15, -0.1) is 5.10 Å². The van der Waals surface area contributed by atoms with Gasteiger partial charge >= 0.3 is 0 Å². The van der Waals surface area contributed by atoms with Gasteiger partial charge in [-0.05, 0) is 38.5 Å². The van der Waals surface area contributed by atoms with E-state index in [9.17, 15) is 4.79 Å². The zero-order valence-electron chi connectivity index (χ0n) is 20.7. The summed E-state index contributed by atoms with van der Waals surface area (Å²) in [7, 11) is 1.69. The Morgan fingerprint density at radius 2 is 1.66 bits per heavy atom. The average Bonchev–Trinajstić information content (AvgIpc) is 3.30. The minimum absolute atomic E-state index is 0.108. The fourth-order valence-electron chi connectivity index (χ4n) is 4.75. The van der Waals surface area contributed by atoms with Crippen LogP contribution in [0.1, 0.15) is 22.5 Å². The van der Waals surface area contributed by atoms with Gasteiger partial charge in [0.25, 0.3) is 5.78 Å². The molecule has 0 aliphatic carbocycles. The molecule has 0 N–H and O–H groups in total. The summed E-state index contributed by atoms with van der Waals surface area (Å²) in [6, 6.07) is 16.1. The lowest BCUT2D eigenvalue weighted by Gasteiger charge is -2.36. The summed E-state index contributed by atoms with van der Waals surface area (Å²) in [5.74, 6) is 2.17. The van der Waals surface area contributed by atoms with Gasteiger partial charge in [-0.3, -0.25) is 4.79 Å². The second kappa shape index (κ2) is 9.37. The largest absolute Gasteiger partial charge is 0.495 e. The molecule has 180 valence electrons. The van der Waals surface area contributed by atoms with Crippen LogP contribution in [0.5, 0.6) is 5.75 Å². The van der Waals surface area contributed by atoms with E-state index >= 15 is 0 Å². The van der Waals surface area contributed by atoms with Crippen molar-refractivity contribution in [3.63, 3.8) is 0 Å². The normalized spacial score (nSPS) is 13.9. The Morgan fingerprint density at radius 3 is 2.40 bits per heavy atom. The molecular formula is C27H30N6O2. The van der Waals surface area contributed by atoms with Gasteiger partial charge in [0.05, 0.1) is 19.2 Å². The highest BCUT2D eigenvalue weighted by Crippen LogP contribution is 2.28. The van der Waals surface area contributed by atoms with Gasteiger partial charge in [-0.1, -0.05) is 36.4 Å². The number of benzene rings is 2. The summed E-state index contributed by atoms with van der Waals surface area (Å²) in [6.07, 6.45) is 0.300. The summed E-state index contributed by atoms with van der Waals surface area (Å²) in [4.78, 5) is 26.8. The first-order chi connectivity index (χ1) is 17.0. The smallest absolute Gasteiger partial charge is 0.253 e. The van der Waals surface area contributed by atoms with Crippen molar-refractivity contribution in [3.05, 3.63) is 71.0 Å². The monoisotopic (exact) mass is 470 g/mol. The number of rotatable bonds is 5. The number of carbonyl (C=O) groups is 1. The zero-order chi connectivity index (χ0) is 24.5. The zero-order valence-corrected chi connectivity index (χ0v) is 20.7. The van der Waals surface area contributed by atoms with E-state index in [2.05, 4.69) is 20.9 Å². The maximum atomic E-state index is 13.3. The van der Waals surface area contributed by atoms with Gasteiger partial charge in [0.1, 0.15) is 5.75 Å². The Morgan fingerprint density at radius 1 is 0.943 bits per heavy atom. The minimum Gasteiger partial charge on any atom is -0.495 e. The van der Waals surface area contributed by atoms with E-state index in [0.717, 1.165) is 52.6 Å². The van der Waals surface area contributed by atoms with Crippen LogP contribution in [0, 0.1) is 20.8 Å². The van der Waals surface area contributed by atoms with Crippen molar-refractivity contribution in [1.29, 1.82) is 0 Å². The van der Waals surface area contributed by atoms with Crippen molar-refractivity contribution >= 4 is 17.4 Å². The molecule has 3 heterocycles. The molecule has 0 radical (unpaired) electrons. The number of fused-ring (bicyclic) bond motifs is 1. The van der Waals surface area contributed by atoms with E-state index in [1.165, 1.54) is 0 Å². The van der Waals surface area contributed by atoms with E-state index < -0.39 is 0 Å². The Labute approximate surface area is 205 Å². The summed E-state index contributed by atoms with van der Waals surface area (Å²) in [6.45, 7) is 8.85. The molecule has 1 amide bonds. The summed E-state index contributed by atoms with van der Waals surface area (Å²) >= 11 is 0. The van der Waals surface area contributed by atoms with Gasteiger partial charge in [-0.2, -0.15) is 4.98 Å². The number of hydrogen-bond acceptors (Lipinski definition) is 6. The first-order valence-corrected chi connectivity index (χ1v) is 11.9. The van der Waals surface area contributed by atoms with Gasteiger partial charge in [0, 0.05) is 48.7 Å². The molecule has 8 nitrogen and oxygen atoms in total. The average molecular weight is 471 g/mol. The third kappa shape index (κ3) is 4.32. The fraction of sp³-hybridized carbons (Fsp3) is 0.333. The predicted molar refractivity (Wildman–Crippen MR) is 136 cm³/mol. The van der Waals surface area contributed by atoms with Gasteiger partial charge in [0.2, 0.25) is 5.91 Å². The van der Waals surface area contributed by atoms with Crippen molar-refractivity contribution < 1.29 is 9.53 Å². The summed E-state index contributed by atoms with van der Waals surface area (Å²) in [5, 5.41) is 4.72. The third-order valence-corrected chi connectivity index (χ3v) is 6.82. The van der Waals surface area contributed by atoms with Crippen LogP contribution in [-0.2, 0) is 11.2 Å². The highest BCUT2D eigenvalue weighted by atomic mass is 16.5. The number of ether oxygens (including phenoxy) is 1. The number of aromatic nitrogens is 4. The molecule has 1 aliphatic rings. The van der Waals surface area contributed by atoms with Gasteiger partial charge in [0.15, 0.2) is 5.82 Å². The number of nitrogens with zero attached hydrogens (tertiary/aromatic N) is 6. The van der Waals surface area contributed by atoms with Crippen molar-refractivity contribution in [2.75, 3.05) is 38.2 Å². The molecule has 0 unspecified atom stereocenters. The molecule has 2 aromatic carbocycles. The SMILES string of the molecule is COc1ccccc1N1CCN(C(=O)Cc2c(C)nc3nc(-c4ccccc4C)nn3c2C)CC1. The van der Waals surface area contributed by atoms with E-state index in [1.54, 1.807) is 11.6 Å². The van der Waals surface area contributed by atoms with Crippen LogP contribution in [0.2, 0.25) is 0 Å². The Balaban J connectivity index is 1.33. The highest BCUT2D eigenvalue weighted by molar-refractivity contribution is 5.80. The lowest BCUT2D eigenvalue weighted by atomic mass is 10.1. The molecule has 2 aromatic heterocycles. The molecular weight excluding hydrogens is 440 g/mol. The van der Waals surface area contributed by atoms with Crippen LogP contribution in [0.3, 0.4) is 0 Å². The van der Waals surface area contributed by atoms with Crippen LogP contribution >= 0.6 is 0 Å². The molecule has 8 heteroatoms. The summed E-state index contributed by atoms with van der Waals surface area (Å²) < 4.78 is 7.27. The second-order valence-corrected chi connectivity index (χ2v) is 8.94. The van der Waals surface area contributed by atoms with Crippen LogP contribution < -0.4 is 9.64 Å². The number of methoxy groups -OCH3 is 1. The number of hydrogen-bond donors (Lipinski definition) is 0. The lowest BCUT2D eigenvalue weighted by Crippen LogP contribution is -2.49. The number of aryl methyl sites for hydroxylation is 3. The number of piperazine rings is 1. The highest BCUT2D eigenvalue weighted by Gasteiger charge is 2.25. The van der Waals surface area contributed by atoms with Crippen LogP contribution in [0.15, 0.2) is 48.5 Å². The maximum Gasteiger partial charge on any atom is 0.253 e. The van der Waals surface area contributed by atoms with E-state index in [0.29, 0.717) is 31.1 Å². The molecule has 0 atom stereocenters. The topological polar surface area (TPSA) is 75.9 Å². The molecule has 0 spiro atoms. The van der Waals surface area contributed by atoms with Crippen molar-refractivity contribution in [2.24, 2.45) is 0 Å². The molecule has 1 saturated heterocycles. The number of para-hydroxylation sites is 2. The Kier molecular flexibility index (Phi) is 6.11. The number of anilines is 1. The van der Waals surface area contributed by atoms with E-state index in [1.807, 2.05) is 68.1 Å². The molecule has 0 bridgehead atoms. The van der Waals surface area contributed by atoms with Crippen molar-refractivity contribution in [2.45, 2.75) is 27.2 Å². The van der Waals surface area contributed by atoms with Crippen LogP contribution in [0.4, 0.5) is 5.69 Å². The van der Waals surface area contributed by atoms with Gasteiger partial charge in [-0.25, -0.2) is 9.50 Å². The molecule has 4 aromatic rings. The molecule has 1 aliphatic heterocycles. The van der Waals surface area contributed by atoms with Gasteiger partial charge < -0.3 is 14.5 Å². The number of amides is 1. The van der Waals surface area contributed by atoms with E-state index in [4.69, 9.17) is 9.84 Å². The second-order valence-electron chi connectivity index (χ2n) is 8.94. The Bertz CT molecular complexity index is 1390. The molecule has 5 rings (SSSR count). The summed E-state index contributed by atoms with van der Waals surface area (Å²) in [5.41, 5.74) is 5.80. The van der Waals surface area contributed by atoms with Crippen LogP contribution in [0.25, 0.3) is 17.2 Å². The first-order valence-electron chi connectivity index (χ1n) is 11.9. The quantitative estimate of drug-likeness (QED) is 0.444. The predicted octanol–water partition coefficient (Wildman–Crippen LogP) is 3.62. The third-order valence-electron chi connectivity index (χ3n) is 6.82. The Hall–Kier alpha value is -3.94. The first kappa shape index (κ1) is 22.8.